The van der Waals surface area contributed by atoms with Gasteiger partial charge in [0.1, 0.15) is 5.75 Å². The van der Waals surface area contributed by atoms with Crippen molar-refractivity contribution in [3.63, 3.8) is 0 Å². The van der Waals surface area contributed by atoms with E-state index < -0.39 is 0 Å². The number of ether oxygens (including phenoxy) is 1. The molecule has 2 aliphatic heterocycles. The normalized spacial score (nSPS) is 23.9. The molecular weight excluding hydrogens is 442 g/mol. The minimum absolute atomic E-state index is 0.450. The zero-order chi connectivity index (χ0) is 23.7. The second-order valence-electron chi connectivity index (χ2n) is 11.1. The van der Waals surface area contributed by atoms with E-state index >= 15 is 0 Å². The maximum absolute atomic E-state index is 6.28. The van der Waals surface area contributed by atoms with Gasteiger partial charge in [0.2, 0.25) is 0 Å². The minimum atomic E-state index is 0.450. The quantitative estimate of drug-likeness (QED) is 0.559. The first-order valence-electron chi connectivity index (χ1n) is 13.1. The maximum atomic E-state index is 6.28. The second kappa shape index (κ2) is 10.2. The summed E-state index contributed by atoms with van der Waals surface area (Å²) in [6.07, 6.45) is 5.47. The molecule has 5 rings (SSSR count). The average Bonchev–Trinajstić information content (AvgIpc) is 2.84. The Morgan fingerprint density at radius 2 is 1.85 bits per heavy atom. The number of nitrogens with one attached hydrogen (secondary N) is 1. The largest absolute Gasteiger partial charge is 0.495 e. The third-order valence-electron chi connectivity index (χ3n) is 8.58. The van der Waals surface area contributed by atoms with Crippen LogP contribution in [0.5, 0.6) is 5.75 Å². The van der Waals surface area contributed by atoms with Gasteiger partial charge in [0.25, 0.3) is 0 Å². The summed E-state index contributed by atoms with van der Waals surface area (Å²) >= 11 is 6.28. The van der Waals surface area contributed by atoms with E-state index in [1.54, 1.807) is 7.11 Å². The Kier molecular flexibility index (Phi) is 7.22. The van der Waals surface area contributed by atoms with Crippen molar-refractivity contribution in [2.45, 2.75) is 64.1 Å². The average molecular weight is 482 g/mol. The van der Waals surface area contributed by atoms with Crippen molar-refractivity contribution in [3.05, 3.63) is 64.2 Å². The van der Waals surface area contributed by atoms with Gasteiger partial charge in [-0.25, -0.2) is 0 Å². The van der Waals surface area contributed by atoms with Crippen molar-refractivity contribution >= 4 is 11.6 Å². The van der Waals surface area contributed by atoms with Crippen LogP contribution in [0.2, 0.25) is 5.02 Å². The van der Waals surface area contributed by atoms with Crippen LogP contribution in [0.4, 0.5) is 0 Å². The molecule has 2 aromatic rings. The molecular formula is C29H40ClN3O. The molecule has 3 aliphatic rings. The smallest absolute Gasteiger partial charge is 0.137 e. The van der Waals surface area contributed by atoms with Crippen LogP contribution in [-0.2, 0) is 6.54 Å². The van der Waals surface area contributed by atoms with E-state index in [1.165, 1.54) is 55.5 Å². The summed E-state index contributed by atoms with van der Waals surface area (Å²) in [5.74, 6) is 1.30. The summed E-state index contributed by atoms with van der Waals surface area (Å²) in [4.78, 5) is 5.49. The summed E-state index contributed by atoms with van der Waals surface area (Å²) in [7, 11) is 1.69. The van der Waals surface area contributed by atoms with Gasteiger partial charge in [-0.05, 0) is 78.9 Å². The van der Waals surface area contributed by atoms with E-state index in [1.807, 2.05) is 6.07 Å². The lowest BCUT2D eigenvalue weighted by Gasteiger charge is -2.57. The van der Waals surface area contributed by atoms with Crippen LogP contribution in [0, 0.1) is 5.41 Å². The van der Waals surface area contributed by atoms with Gasteiger partial charge in [0.05, 0.1) is 12.1 Å². The minimum Gasteiger partial charge on any atom is -0.495 e. The number of piperazine rings is 1. The van der Waals surface area contributed by atoms with Gasteiger partial charge >= 0.3 is 0 Å². The third kappa shape index (κ3) is 4.88. The molecule has 34 heavy (non-hydrogen) atoms. The molecule has 2 saturated heterocycles. The van der Waals surface area contributed by atoms with Crippen molar-refractivity contribution in [1.82, 2.24) is 15.1 Å². The van der Waals surface area contributed by atoms with Gasteiger partial charge in [-0.15, -0.1) is 0 Å². The molecule has 0 amide bonds. The van der Waals surface area contributed by atoms with Crippen molar-refractivity contribution in [2.75, 3.05) is 39.8 Å². The fraction of sp³-hybridized carbons (Fsp3) is 0.586. The number of nitrogens with zero attached hydrogens (tertiary/aromatic N) is 2. The van der Waals surface area contributed by atoms with E-state index in [9.17, 15) is 0 Å². The molecule has 1 saturated carbocycles. The van der Waals surface area contributed by atoms with Crippen molar-refractivity contribution in [3.8, 4) is 5.75 Å². The highest BCUT2D eigenvalue weighted by atomic mass is 35.5. The van der Waals surface area contributed by atoms with E-state index in [4.69, 9.17) is 16.3 Å². The summed E-state index contributed by atoms with van der Waals surface area (Å²) < 4.78 is 5.47. The predicted molar refractivity (Wildman–Crippen MR) is 141 cm³/mol. The molecule has 1 N–H and O–H groups in total. The standard InChI is InChI=1S/C29H40ClN3O/c1-21(2)24-6-4-5-7-25(24)27-20-32(19-22-8-9-26(30)28(16-22)34-3)14-15-33(27)23-17-29(18-23)10-12-31-13-11-29/h4-9,16,21,23,27,31H,10-15,17-20H2,1-3H3. The van der Waals surface area contributed by atoms with E-state index in [0.717, 1.165) is 38.0 Å². The summed E-state index contributed by atoms with van der Waals surface area (Å²) in [6, 6.07) is 16.5. The Balaban J connectivity index is 1.37. The highest BCUT2D eigenvalue weighted by molar-refractivity contribution is 6.32. The molecule has 2 heterocycles. The van der Waals surface area contributed by atoms with Gasteiger partial charge < -0.3 is 10.1 Å². The number of hydrogen-bond acceptors (Lipinski definition) is 4. The SMILES string of the molecule is COc1cc(CN2CCN(C3CC4(CCNCC4)C3)C(c3ccccc3C(C)C)C2)ccc1Cl. The molecule has 184 valence electrons. The molecule has 0 radical (unpaired) electrons. The maximum Gasteiger partial charge on any atom is 0.137 e. The Morgan fingerprint density at radius 3 is 2.59 bits per heavy atom. The monoisotopic (exact) mass is 481 g/mol. The summed E-state index contributed by atoms with van der Waals surface area (Å²) in [6.45, 7) is 11.3. The van der Waals surface area contributed by atoms with Crippen LogP contribution >= 0.6 is 11.6 Å². The van der Waals surface area contributed by atoms with E-state index in [2.05, 4.69) is 65.4 Å². The van der Waals surface area contributed by atoms with Gasteiger partial charge in [0.15, 0.2) is 0 Å². The number of hydrogen-bond donors (Lipinski definition) is 1. The summed E-state index contributed by atoms with van der Waals surface area (Å²) in [5, 5.41) is 4.24. The van der Waals surface area contributed by atoms with Crippen LogP contribution in [-0.4, -0.2) is 55.7 Å². The van der Waals surface area contributed by atoms with Crippen LogP contribution in [0.3, 0.4) is 0 Å². The van der Waals surface area contributed by atoms with E-state index in [0.29, 0.717) is 22.4 Å². The number of rotatable bonds is 6. The van der Waals surface area contributed by atoms with Crippen molar-refractivity contribution < 1.29 is 4.74 Å². The first-order chi connectivity index (χ1) is 16.5. The molecule has 3 fully saturated rings. The zero-order valence-electron chi connectivity index (χ0n) is 21.0. The molecule has 0 aromatic heterocycles. The first-order valence-corrected chi connectivity index (χ1v) is 13.5. The molecule has 2 aromatic carbocycles. The molecule has 4 nitrogen and oxygen atoms in total. The number of piperidine rings is 1. The Hall–Kier alpha value is -1.59. The number of methoxy groups -OCH3 is 1. The Bertz CT molecular complexity index is 979. The van der Waals surface area contributed by atoms with Gasteiger partial charge in [-0.2, -0.15) is 0 Å². The first kappa shape index (κ1) is 24.1. The fourth-order valence-corrected chi connectivity index (χ4v) is 6.85. The molecule has 5 heteroatoms. The summed E-state index contributed by atoms with van der Waals surface area (Å²) in [5.41, 5.74) is 4.91. The van der Waals surface area contributed by atoms with Gasteiger partial charge in [-0.1, -0.05) is 55.8 Å². The number of halogens is 1. The fourth-order valence-electron chi connectivity index (χ4n) is 6.65. The van der Waals surface area contributed by atoms with Crippen molar-refractivity contribution in [2.24, 2.45) is 5.41 Å². The molecule has 0 bridgehead atoms. The van der Waals surface area contributed by atoms with E-state index in [-0.39, 0.29) is 0 Å². The van der Waals surface area contributed by atoms with Crippen LogP contribution in [0.1, 0.15) is 68.2 Å². The zero-order valence-corrected chi connectivity index (χ0v) is 21.8. The topological polar surface area (TPSA) is 27.7 Å². The lowest BCUT2D eigenvalue weighted by molar-refractivity contribution is -0.0650. The predicted octanol–water partition coefficient (Wildman–Crippen LogP) is 5.86. The number of benzene rings is 2. The van der Waals surface area contributed by atoms with Crippen LogP contribution in [0.25, 0.3) is 0 Å². The molecule has 1 spiro atoms. The Morgan fingerprint density at radius 1 is 1.09 bits per heavy atom. The van der Waals surface area contributed by atoms with Crippen molar-refractivity contribution in [1.29, 1.82) is 0 Å². The lowest BCUT2D eigenvalue weighted by atomic mass is 9.60. The molecule has 1 aliphatic carbocycles. The van der Waals surface area contributed by atoms with Gasteiger partial charge in [0, 0.05) is 38.3 Å². The Labute approximate surface area is 210 Å². The van der Waals surface area contributed by atoms with Crippen LogP contribution in [0.15, 0.2) is 42.5 Å². The third-order valence-corrected chi connectivity index (χ3v) is 8.89. The molecule has 1 atom stereocenters. The highest BCUT2D eigenvalue weighted by Crippen LogP contribution is 2.52. The second-order valence-corrected chi connectivity index (χ2v) is 11.5. The highest BCUT2D eigenvalue weighted by Gasteiger charge is 2.49. The lowest BCUT2D eigenvalue weighted by Crippen LogP contribution is -2.59. The van der Waals surface area contributed by atoms with Crippen LogP contribution < -0.4 is 10.1 Å². The van der Waals surface area contributed by atoms with Gasteiger partial charge in [-0.3, -0.25) is 9.80 Å². The molecule has 1 unspecified atom stereocenters.